The maximum Gasteiger partial charge on any atom is 0.240 e. The Bertz CT molecular complexity index is 1720. The zero-order valence-corrected chi connectivity index (χ0v) is 25.6. The van der Waals surface area contributed by atoms with E-state index in [9.17, 15) is 14.0 Å². The first-order chi connectivity index (χ1) is 22.3. The lowest BCUT2D eigenvalue weighted by Crippen LogP contribution is -2.36. The van der Waals surface area contributed by atoms with E-state index in [0.29, 0.717) is 40.9 Å². The molecule has 4 aromatic rings. The van der Waals surface area contributed by atoms with Crippen LogP contribution in [0.25, 0.3) is 10.9 Å². The number of anilines is 2. The summed E-state index contributed by atoms with van der Waals surface area (Å²) in [6.45, 7) is 4.58. The first kappa shape index (κ1) is 31.4. The first-order valence-electron chi connectivity index (χ1n) is 15.5. The van der Waals surface area contributed by atoms with E-state index in [1.165, 1.54) is 36.4 Å². The Morgan fingerprint density at radius 3 is 2.30 bits per heavy atom. The molecular formula is C35H36F2N4O5. The molecule has 2 amide bonds. The van der Waals surface area contributed by atoms with E-state index in [1.54, 1.807) is 19.4 Å². The number of amides is 2. The average molecular weight is 631 g/mol. The van der Waals surface area contributed by atoms with E-state index in [2.05, 4.69) is 20.5 Å². The molecule has 0 unspecified atom stereocenters. The molecule has 2 heterocycles. The van der Waals surface area contributed by atoms with Crippen molar-refractivity contribution in [3.8, 4) is 17.2 Å². The SMILES string of the molecule is COc1cc2c(Oc3ccc(NC(=O)C4(C(=O)Nc5ccc(F)cc5)CC4)cc3F)ccnc2cc1CCCCN1CCOCC1. The van der Waals surface area contributed by atoms with Gasteiger partial charge in [-0.2, -0.15) is 0 Å². The van der Waals surface area contributed by atoms with Gasteiger partial charge in [0, 0.05) is 42.1 Å². The number of halogens is 2. The van der Waals surface area contributed by atoms with Crippen LogP contribution in [0.3, 0.4) is 0 Å². The third-order valence-electron chi connectivity index (χ3n) is 8.51. The molecule has 46 heavy (non-hydrogen) atoms. The second kappa shape index (κ2) is 13.8. The van der Waals surface area contributed by atoms with Crippen molar-refractivity contribution in [2.45, 2.75) is 32.1 Å². The highest BCUT2D eigenvalue weighted by Crippen LogP contribution is 2.47. The average Bonchev–Trinajstić information content (AvgIpc) is 3.88. The van der Waals surface area contributed by atoms with E-state index in [0.717, 1.165) is 63.7 Å². The number of fused-ring (bicyclic) bond motifs is 1. The van der Waals surface area contributed by atoms with E-state index < -0.39 is 28.9 Å². The van der Waals surface area contributed by atoms with Crippen LogP contribution in [0.15, 0.2) is 66.9 Å². The summed E-state index contributed by atoms with van der Waals surface area (Å²) in [4.78, 5) is 32.8. The standard InChI is InChI=1S/C35H36F2N4O5/c1-44-32-22-27-29(20-23(32)4-2-3-15-41-16-18-45-19-17-41)38-14-11-30(27)46-31-10-9-26(21-28(31)37)40-34(43)35(12-13-35)33(42)39-25-7-5-24(36)6-8-25/h5-11,14,20-22H,2-4,12-13,15-19H2,1H3,(H,39,42)(H,40,43). The Labute approximate surface area is 265 Å². The third-order valence-corrected chi connectivity index (χ3v) is 8.51. The molecule has 0 atom stereocenters. The lowest BCUT2D eigenvalue weighted by molar-refractivity contribution is -0.131. The van der Waals surface area contributed by atoms with E-state index >= 15 is 4.39 Å². The Kier molecular flexibility index (Phi) is 9.41. The summed E-state index contributed by atoms with van der Waals surface area (Å²) in [5.74, 6) is -1.06. The highest BCUT2D eigenvalue weighted by molar-refractivity contribution is 6.16. The van der Waals surface area contributed by atoms with Gasteiger partial charge in [-0.05, 0) is 98.8 Å². The molecule has 1 aromatic heterocycles. The molecule has 1 saturated carbocycles. The van der Waals surface area contributed by atoms with Crippen LogP contribution in [0.4, 0.5) is 20.2 Å². The van der Waals surface area contributed by atoms with Crippen molar-refractivity contribution in [1.29, 1.82) is 0 Å². The molecule has 0 radical (unpaired) electrons. The van der Waals surface area contributed by atoms with Gasteiger partial charge in [-0.1, -0.05) is 0 Å². The minimum absolute atomic E-state index is 0.0353. The molecule has 3 aromatic carbocycles. The van der Waals surface area contributed by atoms with Gasteiger partial charge in [0.05, 0.1) is 25.8 Å². The van der Waals surface area contributed by atoms with Crippen LogP contribution >= 0.6 is 0 Å². The van der Waals surface area contributed by atoms with Gasteiger partial charge >= 0.3 is 0 Å². The summed E-state index contributed by atoms with van der Waals surface area (Å²) in [6.07, 6.45) is 5.23. The van der Waals surface area contributed by atoms with E-state index in [-0.39, 0.29) is 11.4 Å². The largest absolute Gasteiger partial charge is 0.496 e. The number of hydrogen-bond donors (Lipinski definition) is 2. The third kappa shape index (κ3) is 7.11. The van der Waals surface area contributed by atoms with Gasteiger partial charge in [0.1, 0.15) is 22.7 Å². The van der Waals surface area contributed by atoms with Gasteiger partial charge in [-0.25, -0.2) is 8.78 Å². The number of nitrogens with zero attached hydrogens (tertiary/aromatic N) is 2. The van der Waals surface area contributed by atoms with Gasteiger partial charge in [-0.3, -0.25) is 19.5 Å². The Morgan fingerprint density at radius 2 is 1.61 bits per heavy atom. The van der Waals surface area contributed by atoms with Crippen molar-refractivity contribution in [3.63, 3.8) is 0 Å². The Hall–Kier alpha value is -4.61. The van der Waals surface area contributed by atoms with Crippen LogP contribution in [-0.2, 0) is 20.7 Å². The van der Waals surface area contributed by atoms with Crippen LogP contribution in [-0.4, -0.2) is 61.7 Å². The number of ether oxygens (including phenoxy) is 3. The van der Waals surface area contributed by atoms with Crippen molar-refractivity contribution in [1.82, 2.24) is 9.88 Å². The highest BCUT2D eigenvalue weighted by atomic mass is 19.1. The molecule has 9 nitrogen and oxygen atoms in total. The van der Waals surface area contributed by atoms with Crippen molar-refractivity contribution in [2.24, 2.45) is 5.41 Å². The molecule has 2 N–H and O–H groups in total. The minimum Gasteiger partial charge on any atom is -0.496 e. The molecule has 1 aliphatic heterocycles. The van der Waals surface area contributed by atoms with Gasteiger partial charge in [0.15, 0.2) is 11.6 Å². The van der Waals surface area contributed by atoms with Gasteiger partial charge in [0.25, 0.3) is 0 Å². The summed E-state index contributed by atoms with van der Waals surface area (Å²) in [5, 5.41) is 5.99. The van der Waals surface area contributed by atoms with Crippen molar-refractivity contribution < 1.29 is 32.6 Å². The number of aryl methyl sites for hydroxylation is 1. The molecule has 6 rings (SSSR count). The number of carbonyl (C=O) groups excluding carboxylic acids is 2. The van der Waals surface area contributed by atoms with Crippen molar-refractivity contribution >= 4 is 34.1 Å². The molecule has 1 saturated heterocycles. The number of aromatic nitrogens is 1. The monoisotopic (exact) mass is 630 g/mol. The number of carbonyl (C=O) groups is 2. The summed E-state index contributed by atoms with van der Waals surface area (Å²) in [5.41, 5.74) is 1.06. The number of unbranched alkanes of at least 4 members (excludes halogenated alkanes) is 1. The Balaban J connectivity index is 1.10. The number of morpholine rings is 1. The second-order valence-electron chi connectivity index (χ2n) is 11.6. The summed E-state index contributed by atoms with van der Waals surface area (Å²) >= 11 is 0. The maximum absolute atomic E-state index is 15.3. The smallest absolute Gasteiger partial charge is 0.240 e. The number of benzene rings is 3. The van der Waals surface area contributed by atoms with Gasteiger partial charge in [-0.15, -0.1) is 0 Å². The van der Waals surface area contributed by atoms with Gasteiger partial charge < -0.3 is 24.8 Å². The second-order valence-corrected chi connectivity index (χ2v) is 11.6. The van der Waals surface area contributed by atoms with Crippen LogP contribution < -0.4 is 20.1 Å². The number of nitrogens with one attached hydrogen (secondary N) is 2. The first-order valence-corrected chi connectivity index (χ1v) is 15.5. The van der Waals surface area contributed by atoms with Crippen LogP contribution in [0, 0.1) is 17.0 Å². The zero-order valence-electron chi connectivity index (χ0n) is 25.6. The summed E-state index contributed by atoms with van der Waals surface area (Å²) in [7, 11) is 1.63. The van der Waals surface area contributed by atoms with Crippen molar-refractivity contribution in [2.75, 3.05) is 50.6 Å². The predicted octanol–water partition coefficient (Wildman–Crippen LogP) is 6.33. The molecule has 2 aliphatic rings. The molecule has 240 valence electrons. The lowest BCUT2D eigenvalue weighted by Gasteiger charge is -2.26. The Morgan fingerprint density at radius 1 is 0.891 bits per heavy atom. The topological polar surface area (TPSA) is 102 Å². The minimum atomic E-state index is -1.27. The quantitative estimate of drug-likeness (QED) is 0.139. The highest BCUT2D eigenvalue weighted by Gasteiger charge is 2.56. The fraction of sp³-hybridized carbons (Fsp3) is 0.343. The lowest BCUT2D eigenvalue weighted by atomic mass is 10.0. The van der Waals surface area contributed by atoms with Gasteiger partial charge in [0.2, 0.25) is 11.8 Å². The molecule has 0 bridgehead atoms. The zero-order chi connectivity index (χ0) is 32.1. The molecule has 0 spiro atoms. The molecule has 2 fully saturated rings. The molecule has 11 heteroatoms. The number of methoxy groups -OCH3 is 1. The van der Waals surface area contributed by atoms with Crippen LogP contribution in [0.1, 0.15) is 31.2 Å². The number of hydrogen-bond acceptors (Lipinski definition) is 7. The maximum atomic E-state index is 15.3. The van der Waals surface area contributed by atoms with Crippen molar-refractivity contribution in [3.05, 3.63) is 84.1 Å². The van der Waals surface area contributed by atoms with E-state index in [4.69, 9.17) is 14.2 Å². The predicted molar refractivity (Wildman–Crippen MR) is 170 cm³/mol. The molecular weight excluding hydrogens is 594 g/mol. The number of pyridine rings is 1. The molecule has 1 aliphatic carbocycles. The number of rotatable bonds is 12. The van der Waals surface area contributed by atoms with E-state index in [1.807, 2.05) is 12.1 Å². The fourth-order valence-electron chi connectivity index (χ4n) is 5.64. The van der Waals surface area contributed by atoms with Crippen LogP contribution in [0.5, 0.6) is 17.2 Å². The summed E-state index contributed by atoms with van der Waals surface area (Å²) in [6, 6.07) is 14.9. The summed E-state index contributed by atoms with van der Waals surface area (Å²) < 4.78 is 45.6. The fourth-order valence-corrected chi connectivity index (χ4v) is 5.64. The van der Waals surface area contributed by atoms with Crippen LogP contribution in [0.2, 0.25) is 0 Å². The normalized spacial score (nSPS) is 15.7.